The lowest BCUT2D eigenvalue weighted by Gasteiger charge is -2.08. The van der Waals surface area contributed by atoms with Crippen molar-refractivity contribution >= 4 is 33.7 Å². The van der Waals surface area contributed by atoms with Crippen LogP contribution in [0.5, 0.6) is 0 Å². The zero-order chi connectivity index (χ0) is 6.57. The van der Waals surface area contributed by atoms with Crippen LogP contribution >= 0.6 is 23.2 Å². The van der Waals surface area contributed by atoms with Crippen LogP contribution in [-0.2, 0) is 4.43 Å². The smallest absolute Gasteiger partial charge is 0.146 e. The highest BCUT2D eigenvalue weighted by atomic mass is 35.5. The van der Waals surface area contributed by atoms with Gasteiger partial charge in [-0.1, -0.05) is 0 Å². The van der Waals surface area contributed by atoms with E-state index in [-0.39, 0.29) is 10.9 Å². The van der Waals surface area contributed by atoms with E-state index in [1.165, 1.54) is 0 Å². The molecule has 0 heterocycles. The van der Waals surface area contributed by atoms with Crippen molar-refractivity contribution in [3.63, 3.8) is 0 Å². The molecule has 0 rings (SSSR count). The van der Waals surface area contributed by atoms with Crippen molar-refractivity contribution in [3.05, 3.63) is 0 Å². The number of hydrogen-bond acceptors (Lipinski definition) is 1. The molecule has 0 fully saturated rings. The molecule has 0 radical (unpaired) electrons. The molecule has 0 spiro atoms. The Kier molecular flexibility index (Phi) is 5.06. The maximum atomic E-state index is 5.45. The highest BCUT2D eigenvalue weighted by Gasteiger charge is 2.04. The molecule has 50 valence electrons. The van der Waals surface area contributed by atoms with E-state index in [4.69, 9.17) is 27.6 Å². The van der Waals surface area contributed by atoms with Gasteiger partial charge in [0.15, 0.2) is 0 Å². The van der Waals surface area contributed by atoms with Crippen LogP contribution in [0.1, 0.15) is 13.3 Å². The fourth-order valence-corrected chi connectivity index (χ4v) is 1.04. The van der Waals surface area contributed by atoms with Crippen molar-refractivity contribution in [3.8, 4) is 0 Å². The Morgan fingerprint density at radius 3 is 2.25 bits per heavy atom. The first-order chi connectivity index (χ1) is 3.66. The summed E-state index contributed by atoms with van der Waals surface area (Å²) in [4.78, 5) is -0.279. The van der Waals surface area contributed by atoms with Crippen molar-refractivity contribution in [2.45, 2.75) is 24.3 Å². The van der Waals surface area contributed by atoms with Gasteiger partial charge in [0.2, 0.25) is 0 Å². The Hall–Kier alpha value is 0.757. The molecule has 0 aromatic heterocycles. The SMILES string of the molecule is CC(CC(Cl)Cl)O[SiH3]. The standard InChI is InChI=1S/C4H10Cl2OSi/c1-3(7-8)2-4(5)6/h3-4H,2H2,1,8H3. The Labute approximate surface area is 62.8 Å². The van der Waals surface area contributed by atoms with Gasteiger partial charge in [0.25, 0.3) is 0 Å². The third kappa shape index (κ3) is 4.90. The van der Waals surface area contributed by atoms with E-state index in [0.717, 1.165) is 16.9 Å². The fraction of sp³-hybridized carbons (Fsp3) is 1.00. The maximum Gasteiger partial charge on any atom is 0.146 e. The molecule has 0 N–H and O–H groups in total. The molecule has 0 amide bonds. The second kappa shape index (κ2) is 4.62. The van der Waals surface area contributed by atoms with Gasteiger partial charge < -0.3 is 4.43 Å². The molecule has 0 aliphatic carbocycles. The molecule has 0 saturated carbocycles. The average Bonchev–Trinajstić information content (AvgIpc) is 1.65. The monoisotopic (exact) mass is 172 g/mol. The Bertz CT molecular complexity index is 60.0. The van der Waals surface area contributed by atoms with Crippen LogP contribution in [-0.4, -0.2) is 21.4 Å². The van der Waals surface area contributed by atoms with E-state index in [2.05, 4.69) is 0 Å². The lowest BCUT2D eigenvalue weighted by molar-refractivity contribution is 0.237. The molecule has 0 bridgehead atoms. The minimum absolute atomic E-state index is 0.224. The number of hydrogen-bond donors (Lipinski definition) is 0. The summed E-state index contributed by atoms with van der Waals surface area (Å²) >= 11 is 10.9. The van der Waals surface area contributed by atoms with Gasteiger partial charge in [0.05, 0.1) is 0 Å². The predicted octanol–water partition coefficient (Wildman–Crippen LogP) is 0.866. The topological polar surface area (TPSA) is 9.23 Å². The van der Waals surface area contributed by atoms with Crippen molar-refractivity contribution in [2.75, 3.05) is 0 Å². The first-order valence-electron chi connectivity index (χ1n) is 2.47. The summed E-state index contributed by atoms with van der Waals surface area (Å²) in [6.07, 6.45) is 0.953. The van der Waals surface area contributed by atoms with E-state index in [0.29, 0.717) is 0 Å². The normalized spacial score (nSPS) is 15.0. The molecule has 4 heteroatoms. The molecule has 1 atom stereocenters. The van der Waals surface area contributed by atoms with Crippen LogP contribution < -0.4 is 0 Å². The molecular weight excluding hydrogens is 163 g/mol. The molecule has 0 aliphatic rings. The van der Waals surface area contributed by atoms with E-state index in [1.807, 2.05) is 6.92 Å². The lowest BCUT2D eigenvalue weighted by Crippen LogP contribution is -2.08. The first-order valence-corrected chi connectivity index (χ1v) is 4.16. The highest BCUT2D eigenvalue weighted by Crippen LogP contribution is 2.10. The van der Waals surface area contributed by atoms with Crippen LogP contribution in [0.3, 0.4) is 0 Å². The summed E-state index contributed by atoms with van der Waals surface area (Å²) in [5.41, 5.74) is 0. The third-order valence-corrected chi connectivity index (χ3v) is 2.07. The molecule has 8 heavy (non-hydrogen) atoms. The molecule has 0 saturated heterocycles. The summed E-state index contributed by atoms with van der Waals surface area (Å²) in [6.45, 7) is 1.96. The molecule has 1 unspecified atom stereocenters. The largest absolute Gasteiger partial charge is 0.425 e. The van der Waals surface area contributed by atoms with E-state index >= 15 is 0 Å². The molecule has 1 nitrogen and oxygen atoms in total. The van der Waals surface area contributed by atoms with Gasteiger partial charge >= 0.3 is 0 Å². The molecule has 0 aromatic rings. The zero-order valence-electron chi connectivity index (χ0n) is 5.03. The summed E-state index contributed by atoms with van der Waals surface area (Å²) in [7, 11) is 0.761. The molecule has 0 aromatic carbocycles. The van der Waals surface area contributed by atoms with Crippen molar-refractivity contribution in [1.29, 1.82) is 0 Å². The van der Waals surface area contributed by atoms with Crippen LogP contribution in [0.15, 0.2) is 0 Å². The number of rotatable bonds is 3. The van der Waals surface area contributed by atoms with Gasteiger partial charge in [-0.3, -0.25) is 0 Å². The van der Waals surface area contributed by atoms with Gasteiger partial charge in [-0.05, 0) is 6.92 Å². The summed E-state index contributed by atoms with van der Waals surface area (Å²) in [5.74, 6) is 0. The van der Waals surface area contributed by atoms with Gasteiger partial charge in [0, 0.05) is 12.5 Å². The van der Waals surface area contributed by atoms with Crippen LogP contribution in [0.4, 0.5) is 0 Å². The predicted molar refractivity (Wildman–Crippen MR) is 40.6 cm³/mol. The zero-order valence-corrected chi connectivity index (χ0v) is 8.54. The second-order valence-corrected chi connectivity index (χ2v) is 3.42. The van der Waals surface area contributed by atoms with E-state index in [1.54, 1.807) is 0 Å². The average molecular weight is 173 g/mol. The minimum atomic E-state index is -0.279. The maximum absolute atomic E-state index is 5.45. The Balaban J connectivity index is 3.10. The van der Waals surface area contributed by atoms with Crippen molar-refractivity contribution in [1.82, 2.24) is 0 Å². The van der Waals surface area contributed by atoms with E-state index in [9.17, 15) is 0 Å². The fourth-order valence-electron chi connectivity index (χ4n) is 0.347. The number of alkyl halides is 2. The van der Waals surface area contributed by atoms with Crippen LogP contribution in [0, 0.1) is 0 Å². The summed E-state index contributed by atoms with van der Waals surface area (Å²) in [6, 6.07) is 0. The lowest BCUT2D eigenvalue weighted by atomic mass is 10.3. The van der Waals surface area contributed by atoms with Crippen LogP contribution in [0.2, 0.25) is 0 Å². The van der Waals surface area contributed by atoms with Gasteiger partial charge in [-0.25, -0.2) is 0 Å². The van der Waals surface area contributed by atoms with Crippen LogP contribution in [0.25, 0.3) is 0 Å². The van der Waals surface area contributed by atoms with Gasteiger partial charge in [-0.2, -0.15) is 0 Å². The Morgan fingerprint density at radius 2 is 2.12 bits per heavy atom. The van der Waals surface area contributed by atoms with Crippen molar-refractivity contribution < 1.29 is 4.43 Å². The molecular formula is C4H10Cl2OSi. The van der Waals surface area contributed by atoms with Gasteiger partial charge in [0.1, 0.15) is 15.3 Å². The summed E-state index contributed by atoms with van der Waals surface area (Å²) in [5, 5.41) is 0. The van der Waals surface area contributed by atoms with Gasteiger partial charge in [-0.15, -0.1) is 23.2 Å². The number of halogens is 2. The van der Waals surface area contributed by atoms with Crippen molar-refractivity contribution in [2.24, 2.45) is 0 Å². The third-order valence-electron chi connectivity index (χ3n) is 0.912. The minimum Gasteiger partial charge on any atom is -0.425 e. The summed E-state index contributed by atoms with van der Waals surface area (Å²) < 4.78 is 5.03. The quantitative estimate of drug-likeness (QED) is 0.454. The first kappa shape index (κ1) is 8.76. The molecule has 0 aliphatic heterocycles. The Morgan fingerprint density at radius 1 is 1.62 bits per heavy atom. The second-order valence-electron chi connectivity index (χ2n) is 1.67. The highest BCUT2D eigenvalue weighted by molar-refractivity contribution is 6.44. The van der Waals surface area contributed by atoms with E-state index < -0.39 is 0 Å².